The van der Waals surface area contributed by atoms with Gasteiger partial charge in [0.25, 0.3) is 0 Å². The molecule has 0 saturated heterocycles. The van der Waals surface area contributed by atoms with E-state index >= 15 is 0 Å². The zero-order valence-corrected chi connectivity index (χ0v) is 14.0. The van der Waals surface area contributed by atoms with Crippen molar-refractivity contribution >= 4 is 11.8 Å². The molecule has 3 heteroatoms. The summed E-state index contributed by atoms with van der Waals surface area (Å²) >= 11 is 1.86. The number of pyridine rings is 1. The molecule has 0 aliphatic rings. The van der Waals surface area contributed by atoms with Crippen LogP contribution in [0, 0.1) is 19.3 Å². The van der Waals surface area contributed by atoms with Gasteiger partial charge >= 0.3 is 0 Å². The summed E-state index contributed by atoms with van der Waals surface area (Å²) in [5.74, 6) is 1.07. The van der Waals surface area contributed by atoms with Gasteiger partial charge in [-0.25, -0.2) is 4.98 Å². The lowest BCUT2D eigenvalue weighted by Crippen LogP contribution is -2.42. The van der Waals surface area contributed by atoms with Gasteiger partial charge in [0.15, 0.2) is 0 Å². The fourth-order valence-electron chi connectivity index (χ4n) is 1.98. The van der Waals surface area contributed by atoms with Crippen LogP contribution in [0.4, 0.5) is 0 Å². The van der Waals surface area contributed by atoms with E-state index in [-0.39, 0.29) is 5.41 Å². The maximum Gasteiger partial charge on any atom is 0.0966 e. The molecule has 2 nitrogen and oxygen atoms in total. The predicted octanol–water partition coefficient (Wildman–Crippen LogP) is 4.20. The lowest BCUT2D eigenvalue weighted by molar-refractivity contribution is 0.292. The molecule has 0 spiro atoms. The lowest BCUT2D eigenvalue weighted by atomic mass is 9.88. The minimum Gasteiger partial charge on any atom is -0.313 e. The van der Waals surface area contributed by atoms with E-state index < -0.39 is 0 Å². The average molecular weight is 280 g/mol. The summed E-state index contributed by atoms with van der Waals surface area (Å²) in [6.45, 7) is 14.4. The SMILES string of the molecule is CCCNC(CSc1cc(C)cc(C)n1)C(C)(C)C. The third kappa shape index (κ3) is 5.96. The molecule has 1 aromatic heterocycles. The van der Waals surface area contributed by atoms with Crippen LogP contribution in [0.1, 0.15) is 45.4 Å². The van der Waals surface area contributed by atoms with Crippen LogP contribution in [0.2, 0.25) is 0 Å². The highest BCUT2D eigenvalue weighted by molar-refractivity contribution is 7.99. The summed E-state index contributed by atoms with van der Waals surface area (Å²) < 4.78 is 0. The first kappa shape index (κ1) is 16.5. The number of nitrogens with one attached hydrogen (secondary N) is 1. The van der Waals surface area contributed by atoms with Crippen molar-refractivity contribution in [2.75, 3.05) is 12.3 Å². The molecule has 0 radical (unpaired) electrons. The summed E-state index contributed by atoms with van der Waals surface area (Å²) in [6, 6.07) is 4.82. The molecule has 0 amide bonds. The summed E-state index contributed by atoms with van der Waals surface area (Å²) in [4.78, 5) is 4.60. The second-order valence-electron chi connectivity index (χ2n) is 6.31. The Morgan fingerprint density at radius 1 is 1.26 bits per heavy atom. The standard InChI is InChI=1S/C16H28N2S/c1-7-8-17-14(16(4,5)6)11-19-15-10-12(2)9-13(3)18-15/h9-10,14,17H,7-8,11H2,1-6H3. The van der Waals surface area contributed by atoms with Crippen molar-refractivity contribution in [3.8, 4) is 0 Å². The molecule has 1 aromatic rings. The summed E-state index contributed by atoms with van der Waals surface area (Å²) in [5, 5.41) is 4.80. The zero-order valence-electron chi connectivity index (χ0n) is 13.2. The van der Waals surface area contributed by atoms with Crippen LogP contribution >= 0.6 is 11.8 Å². The van der Waals surface area contributed by atoms with Gasteiger partial charge < -0.3 is 5.32 Å². The van der Waals surface area contributed by atoms with Crippen LogP contribution < -0.4 is 5.32 Å². The fraction of sp³-hybridized carbons (Fsp3) is 0.688. The fourth-order valence-corrected chi connectivity index (χ4v) is 3.41. The molecule has 0 aliphatic carbocycles. The van der Waals surface area contributed by atoms with E-state index in [1.54, 1.807) is 0 Å². The number of nitrogens with zero attached hydrogens (tertiary/aromatic N) is 1. The zero-order chi connectivity index (χ0) is 14.5. The van der Waals surface area contributed by atoms with Crippen molar-refractivity contribution < 1.29 is 0 Å². The number of aromatic nitrogens is 1. The van der Waals surface area contributed by atoms with Gasteiger partial charge in [0.05, 0.1) is 5.03 Å². The summed E-state index contributed by atoms with van der Waals surface area (Å²) in [6.07, 6.45) is 1.18. The second-order valence-corrected chi connectivity index (χ2v) is 7.35. The normalized spacial score (nSPS) is 13.6. The molecule has 1 atom stereocenters. The van der Waals surface area contributed by atoms with Gasteiger partial charge in [-0.05, 0) is 49.9 Å². The molecule has 0 saturated carbocycles. The van der Waals surface area contributed by atoms with Gasteiger partial charge in [-0.1, -0.05) is 27.7 Å². The van der Waals surface area contributed by atoms with E-state index in [2.05, 4.69) is 64.0 Å². The van der Waals surface area contributed by atoms with E-state index in [0.29, 0.717) is 6.04 Å². The Balaban J connectivity index is 2.65. The first-order valence-electron chi connectivity index (χ1n) is 7.14. The van der Waals surface area contributed by atoms with Crippen molar-refractivity contribution in [1.29, 1.82) is 0 Å². The van der Waals surface area contributed by atoms with Gasteiger partial charge in [-0.2, -0.15) is 0 Å². The van der Waals surface area contributed by atoms with Crippen molar-refractivity contribution in [2.24, 2.45) is 5.41 Å². The van der Waals surface area contributed by atoms with Crippen LogP contribution in [0.25, 0.3) is 0 Å². The molecule has 0 bridgehead atoms. The smallest absolute Gasteiger partial charge is 0.0966 e. The molecule has 0 aromatic carbocycles. The van der Waals surface area contributed by atoms with Gasteiger partial charge in [0, 0.05) is 17.5 Å². The van der Waals surface area contributed by atoms with Crippen LogP contribution in [-0.2, 0) is 0 Å². The van der Waals surface area contributed by atoms with Crippen molar-refractivity contribution in [3.63, 3.8) is 0 Å². The maximum absolute atomic E-state index is 4.60. The highest BCUT2D eigenvalue weighted by Crippen LogP contribution is 2.26. The predicted molar refractivity (Wildman–Crippen MR) is 86.0 cm³/mol. The summed E-state index contributed by atoms with van der Waals surface area (Å²) in [5.41, 5.74) is 2.68. The number of rotatable bonds is 6. The van der Waals surface area contributed by atoms with Crippen LogP contribution in [0.5, 0.6) is 0 Å². The molecular weight excluding hydrogens is 252 g/mol. The molecule has 0 fully saturated rings. The van der Waals surface area contributed by atoms with Gasteiger partial charge in [0.2, 0.25) is 0 Å². The van der Waals surface area contributed by atoms with Crippen LogP contribution in [0.3, 0.4) is 0 Å². The van der Waals surface area contributed by atoms with Gasteiger partial charge in [-0.15, -0.1) is 11.8 Å². The highest BCUT2D eigenvalue weighted by Gasteiger charge is 2.24. The average Bonchev–Trinajstić information content (AvgIpc) is 2.26. The highest BCUT2D eigenvalue weighted by atomic mass is 32.2. The van der Waals surface area contributed by atoms with Crippen LogP contribution in [-0.4, -0.2) is 23.3 Å². The maximum atomic E-state index is 4.60. The Morgan fingerprint density at radius 3 is 2.47 bits per heavy atom. The van der Waals surface area contributed by atoms with Gasteiger partial charge in [0.1, 0.15) is 0 Å². The Kier molecular flexibility index (Phi) is 6.34. The number of thioether (sulfide) groups is 1. The topological polar surface area (TPSA) is 24.9 Å². The largest absolute Gasteiger partial charge is 0.313 e. The molecule has 1 heterocycles. The van der Waals surface area contributed by atoms with Crippen molar-refractivity contribution in [2.45, 2.75) is 59.0 Å². The van der Waals surface area contributed by atoms with E-state index in [0.717, 1.165) is 23.0 Å². The molecule has 1 rings (SSSR count). The van der Waals surface area contributed by atoms with Crippen LogP contribution in [0.15, 0.2) is 17.2 Å². The molecule has 0 aliphatic heterocycles. The molecular formula is C16H28N2S. The molecule has 1 unspecified atom stereocenters. The van der Waals surface area contributed by atoms with E-state index in [1.807, 2.05) is 11.8 Å². The first-order chi connectivity index (χ1) is 8.82. The first-order valence-corrected chi connectivity index (χ1v) is 8.13. The number of hydrogen-bond acceptors (Lipinski definition) is 3. The number of aryl methyl sites for hydroxylation is 2. The molecule has 1 N–H and O–H groups in total. The Morgan fingerprint density at radius 2 is 1.95 bits per heavy atom. The quantitative estimate of drug-likeness (QED) is 0.790. The van der Waals surface area contributed by atoms with Gasteiger partial charge in [-0.3, -0.25) is 0 Å². The molecule has 108 valence electrons. The second kappa shape index (κ2) is 7.30. The van der Waals surface area contributed by atoms with E-state index in [4.69, 9.17) is 0 Å². The minimum atomic E-state index is 0.279. The number of hydrogen-bond donors (Lipinski definition) is 1. The Labute approximate surface area is 122 Å². The third-order valence-electron chi connectivity index (χ3n) is 3.16. The van der Waals surface area contributed by atoms with Crippen molar-refractivity contribution in [3.05, 3.63) is 23.4 Å². The Hall–Kier alpha value is -0.540. The van der Waals surface area contributed by atoms with E-state index in [9.17, 15) is 0 Å². The van der Waals surface area contributed by atoms with Crippen molar-refractivity contribution in [1.82, 2.24) is 10.3 Å². The lowest BCUT2D eigenvalue weighted by Gasteiger charge is -2.31. The van der Waals surface area contributed by atoms with E-state index in [1.165, 1.54) is 12.0 Å². The Bertz CT molecular complexity index is 376. The third-order valence-corrected chi connectivity index (χ3v) is 4.16. The monoisotopic (exact) mass is 280 g/mol. The minimum absolute atomic E-state index is 0.279. The summed E-state index contributed by atoms with van der Waals surface area (Å²) in [7, 11) is 0. The molecule has 19 heavy (non-hydrogen) atoms.